The molecule has 1 aliphatic rings. The minimum atomic E-state index is -3.11. The van der Waals surface area contributed by atoms with E-state index in [1.165, 1.54) is 0 Å². The molecule has 19 heavy (non-hydrogen) atoms. The van der Waals surface area contributed by atoms with Crippen molar-refractivity contribution in [2.24, 2.45) is 5.92 Å². The number of para-hydroxylation sites is 2. The molecule has 1 aromatic carbocycles. The van der Waals surface area contributed by atoms with Crippen LogP contribution in [0, 0.1) is 5.92 Å². The molecule has 0 atom stereocenters. The van der Waals surface area contributed by atoms with Gasteiger partial charge in [0.1, 0.15) is 5.82 Å². The Morgan fingerprint density at radius 1 is 1.32 bits per heavy atom. The van der Waals surface area contributed by atoms with E-state index in [1.54, 1.807) is 0 Å². The van der Waals surface area contributed by atoms with E-state index in [0.717, 1.165) is 29.7 Å². The number of hydrogen-bond donors (Lipinski definition) is 2. The van der Waals surface area contributed by atoms with Crippen molar-refractivity contribution < 1.29 is 8.42 Å². The molecule has 0 bridgehead atoms. The van der Waals surface area contributed by atoms with Crippen molar-refractivity contribution in [1.82, 2.24) is 14.7 Å². The molecule has 1 aliphatic carbocycles. The molecule has 1 saturated carbocycles. The van der Waals surface area contributed by atoms with Crippen LogP contribution in [-0.2, 0) is 16.4 Å². The first-order valence-electron chi connectivity index (χ1n) is 6.53. The van der Waals surface area contributed by atoms with Gasteiger partial charge in [-0.1, -0.05) is 12.1 Å². The standard InChI is InChI=1S/C13H17N3O2S/c17-19(18,9-10-5-6-10)14-8-7-13-15-11-3-1-2-4-12(11)16-13/h1-4,10,14H,5-9H2,(H,15,16). The largest absolute Gasteiger partial charge is 0.342 e. The van der Waals surface area contributed by atoms with Gasteiger partial charge in [-0.15, -0.1) is 0 Å². The van der Waals surface area contributed by atoms with Crippen LogP contribution in [0.4, 0.5) is 0 Å². The van der Waals surface area contributed by atoms with E-state index in [9.17, 15) is 8.42 Å². The van der Waals surface area contributed by atoms with Gasteiger partial charge in [0.05, 0.1) is 16.8 Å². The highest BCUT2D eigenvalue weighted by molar-refractivity contribution is 7.89. The van der Waals surface area contributed by atoms with Gasteiger partial charge in [-0.3, -0.25) is 0 Å². The van der Waals surface area contributed by atoms with Crippen LogP contribution in [0.3, 0.4) is 0 Å². The summed E-state index contributed by atoms with van der Waals surface area (Å²) in [7, 11) is -3.11. The van der Waals surface area contributed by atoms with Crippen LogP contribution >= 0.6 is 0 Å². The topological polar surface area (TPSA) is 74.8 Å². The number of aromatic nitrogens is 2. The number of fused-ring (bicyclic) bond motifs is 1. The number of aromatic amines is 1. The lowest BCUT2D eigenvalue weighted by Gasteiger charge is -2.04. The first kappa shape index (κ1) is 12.6. The number of H-pyrrole nitrogens is 1. The van der Waals surface area contributed by atoms with E-state index in [2.05, 4.69) is 14.7 Å². The molecule has 1 heterocycles. The van der Waals surface area contributed by atoms with E-state index < -0.39 is 10.0 Å². The van der Waals surface area contributed by atoms with Gasteiger partial charge in [-0.05, 0) is 30.9 Å². The average Bonchev–Trinajstić information content (AvgIpc) is 3.05. The number of rotatable bonds is 6. The Labute approximate surface area is 112 Å². The molecular formula is C13H17N3O2S. The van der Waals surface area contributed by atoms with Crippen LogP contribution in [0.1, 0.15) is 18.7 Å². The number of nitrogens with one attached hydrogen (secondary N) is 2. The highest BCUT2D eigenvalue weighted by atomic mass is 32.2. The molecule has 2 N–H and O–H groups in total. The van der Waals surface area contributed by atoms with Gasteiger partial charge in [0.2, 0.25) is 10.0 Å². The second kappa shape index (κ2) is 4.94. The molecule has 0 unspecified atom stereocenters. The molecular weight excluding hydrogens is 262 g/mol. The van der Waals surface area contributed by atoms with Crippen molar-refractivity contribution in [3.63, 3.8) is 0 Å². The zero-order valence-corrected chi connectivity index (χ0v) is 11.4. The zero-order chi connectivity index (χ0) is 13.3. The molecule has 102 valence electrons. The van der Waals surface area contributed by atoms with Crippen LogP contribution in [0.15, 0.2) is 24.3 Å². The third-order valence-electron chi connectivity index (χ3n) is 3.27. The monoisotopic (exact) mass is 279 g/mol. The lowest BCUT2D eigenvalue weighted by molar-refractivity contribution is 0.577. The van der Waals surface area contributed by atoms with Gasteiger partial charge in [0.25, 0.3) is 0 Å². The smallest absolute Gasteiger partial charge is 0.211 e. The highest BCUT2D eigenvalue weighted by Gasteiger charge is 2.27. The summed E-state index contributed by atoms with van der Waals surface area (Å²) in [6.45, 7) is 0.398. The molecule has 0 radical (unpaired) electrons. The average molecular weight is 279 g/mol. The highest BCUT2D eigenvalue weighted by Crippen LogP contribution is 2.29. The SMILES string of the molecule is O=S(=O)(CC1CC1)NCCc1nc2ccccc2[nH]1. The van der Waals surface area contributed by atoms with Gasteiger partial charge >= 0.3 is 0 Å². The Morgan fingerprint density at radius 3 is 2.84 bits per heavy atom. The molecule has 0 amide bonds. The van der Waals surface area contributed by atoms with Crippen molar-refractivity contribution in [2.45, 2.75) is 19.3 Å². The van der Waals surface area contributed by atoms with E-state index in [1.807, 2.05) is 24.3 Å². The normalized spacial score (nSPS) is 16.0. The van der Waals surface area contributed by atoms with E-state index in [0.29, 0.717) is 18.9 Å². The molecule has 1 fully saturated rings. The van der Waals surface area contributed by atoms with E-state index >= 15 is 0 Å². The predicted octanol–water partition coefficient (Wildman–Crippen LogP) is 1.43. The summed E-state index contributed by atoms with van der Waals surface area (Å²) in [4.78, 5) is 7.60. The maximum atomic E-state index is 11.7. The fourth-order valence-corrected chi connectivity index (χ4v) is 3.59. The second-order valence-corrected chi connectivity index (χ2v) is 6.92. The van der Waals surface area contributed by atoms with Crippen molar-refractivity contribution >= 4 is 21.1 Å². The number of nitrogens with zero attached hydrogens (tertiary/aromatic N) is 1. The Bertz CT molecular complexity index is 641. The van der Waals surface area contributed by atoms with Gasteiger partial charge in [-0.2, -0.15) is 0 Å². The summed E-state index contributed by atoms with van der Waals surface area (Å²) >= 11 is 0. The van der Waals surface area contributed by atoms with Gasteiger partial charge in [-0.25, -0.2) is 18.1 Å². The Balaban J connectivity index is 1.56. The molecule has 6 heteroatoms. The van der Waals surface area contributed by atoms with Crippen LogP contribution in [-0.4, -0.2) is 30.7 Å². The molecule has 0 saturated heterocycles. The first-order valence-corrected chi connectivity index (χ1v) is 8.18. The van der Waals surface area contributed by atoms with Crippen LogP contribution in [0.5, 0.6) is 0 Å². The number of sulfonamides is 1. The lowest BCUT2D eigenvalue weighted by atomic mass is 10.3. The van der Waals surface area contributed by atoms with Crippen LogP contribution in [0.2, 0.25) is 0 Å². The number of hydrogen-bond acceptors (Lipinski definition) is 3. The maximum absolute atomic E-state index is 11.7. The summed E-state index contributed by atoms with van der Waals surface area (Å²) in [5.41, 5.74) is 1.90. The first-order chi connectivity index (χ1) is 9.12. The summed E-state index contributed by atoms with van der Waals surface area (Å²) in [6, 6.07) is 7.78. The van der Waals surface area contributed by atoms with E-state index in [4.69, 9.17) is 0 Å². The number of benzene rings is 1. The Kier molecular flexibility index (Phi) is 3.28. The van der Waals surface area contributed by atoms with Crippen LogP contribution in [0.25, 0.3) is 11.0 Å². The summed E-state index contributed by atoms with van der Waals surface area (Å²) in [6.07, 6.45) is 2.67. The predicted molar refractivity (Wildman–Crippen MR) is 74.3 cm³/mol. The van der Waals surface area contributed by atoms with Gasteiger partial charge in [0.15, 0.2) is 0 Å². The van der Waals surface area contributed by atoms with Crippen molar-refractivity contribution in [2.75, 3.05) is 12.3 Å². The third-order valence-corrected chi connectivity index (χ3v) is 4.83. The van der Waals surface area contributed by atoms with Crippen LogP contribution < -0.4 is 4.72 Å². The lowest BCUT2D eigenvalue weighted by Crippen LogP contribution is -2.29. The fourth-order valence-electron chi connectivity index (χ4n) is 2.10. The quantitative estimate of drug-likeness (QED) is 0.840. The number of imidazole rings is 1. The molecule has 1 aromatic heterocycles. The molecule has 2 aromatic rings. The van der Waals surface area contributed by atoms with Gasteiger partial charge < -0.3 is 4.98 Å². The molecule has 5 nitrogen and oxygen atoms in total. The van der Waals surface area contributed by atoms with E-state index in [-0.39, 0.29) is 5.75 Å². The fraction of sp³-hybridized carbons (Fsp3) is 0.462. The Morgan fingerprint density at radius 2 is 2.11 bits per heavy atom. The van der Waals surface area contributed by atoms with Crippen molar-refractivity contribution in [3.05, 3.63) is 30.1 Å². The maximum Gasteiger partial charge on any atom is 0.211 e. The summed E-state index contributed by atoms with van der Waals surface area (Å²) < 4.78 is 26.0. The summed E-state index contributed by atoms with van der Waals surface area (Å²) in [5, 5.41) is 0. The van der Waals surface area contributed by atoms with Crippen molar-refractivity contribution in [1.29, 1.82) is 0 Å². The minimum Gasteiger partial charge on any atom is -0.342 e. The van der Waals surface area contributed by atoms with Crippen molar-refractivity contribution in [3.8, 4) is 0 Å². The van der Waals surface area contributed by atoms with Gasteiger partial charge in [0, 0.05) is 13.0 Å². The summed E-state index contributed by atoms with van der Waals surface area (Å²) in [5.74, 6) is 1.46. The molecule has 3 rings (SSSR count). The Hall–Kier alpha value is -1.40. The zero-order valence-electron chi connectivity index (χ0n) is 10.6. The minimum absolute atomic E-state index is 0.271. The molecule has 0 spiro atoms. The third kappa shape index (κ3) is 3.33. The second-order valence-electron chi connectivity index (χ2n) is 5.07. The molecule has 0 aliphatic heterocycles.